The van der Waals surface area contributed by atoms with Crippen molar-refractivity contribution < 1.29 is 9.15 Å². The lowest BCUT2D eigenvalue weighted by Gasteiger charge is -2.13. The van der Waals surface area contributed by atoms with E-state index < -0.39 is 5.63 Å². The molecular weight excluding hydrogens is 388 g/mol. The molecule has 0 N–H and O–H groups in total. The highest BCUT2D eigenvalue weighted by molar-refractivity contribution is 7.18. The Morgan fingerprint density at radius 2 is 2.00 bits per heavy atom. The van der Waals surface area contributed by atoms with Crippen LogP contribution < -0.4 is 15.9 Å². The van der Waals surface area contributed by atoms with Gasteiger partial charge in [0.1, 0.15) is 28.6 Å². The fourth-order valence-electron chi connectivity index (χ4n) is 3.99. The molecule has 6 nitrogen and oxygen atoms in total. The van der Waals surface area contributed by atoms with E-state index in [0.717, 1.165) is 34.9 Å². The zero-order valence-corrected chi connectivity index (χ0v) is 16.9. The zero-order valence-electron chi connectivity index (χ0n) is 16.1. The minimum Gasteiger partial charge on any atom is -0.492 e. The molecule has 29 heavy (non-hydrogen) atoms. The SMILES string of the molecule is Cc1nc2sc3c(c2c(=O)n1CCOc1ccc2ccc(=O)oc2c1)CCCC3. The van der Waals surface area contributed by atoms with Crippen molar-refractivity contribution in [3.8, 4) is 5.75 Å². The van der Waals surface area contributed by atoms with Gasteiger partial charge in [-0.2, -0.15) is 0 Å². The summed E-state index contributed by atoms with van der Waals surface area (Å²) < 4.78 is 12.7. The summed E-state index contributed by atoms with van der Waals surface area (Å²) in [5.41, 5.74) is 1.32. The van der Waals surface area contributed by atoms with Crippen molar-refractivity contribution >= 4 is 32.5 Å². The van der Waals surface area contributed by atoms with Gasteiger partial charge in [0.15, 0.2) is 0 Å². The van der Waals surface area contributed by atoms with E-state index in [0.29, 0.717) is 30.3 Å². The molecule has 0 atom stereocenters. The van der Waals surface area contributed by atoms with Gasteiger partial charge in [-0.15, -0.1) is 11.3 Å². The average Bonchev–Trinajstić information content (AvgIpc) is 3.08. The monoisotopic (exact) mass is 408 g/mol. The fourth-order valence-corrected chi connectivity index (χ4v) is 5.29. The first-order valence-corrected chi connectivity index (χ1v) is 10.6. The molecule has 0 radical (unpaired) electrons. The largest absolute Gasteiger partial charge is 0.492 e. The fraction of sp³-hybridized carbons (Fsp3) is 0.318. The van der Waals surface area contributed by atoms with Crippen LogP contribution in [-0.2, 0) is 19.4 Å². The van der Waals surface area contributed by atoms with Crippen molar-refractivity contribution in [3.63, 3.8) is 0 Å². The van der Waals surface area contributed by atoms with Gasteiger partial charge in [-0.25, -0.2) is 9.78 Å². The molecule has 0 spiro atoms. The van der Waals surface area contributed by atoms with Crippen LogP contribution in [0.3, 0.4) is 0 Å². The van der Waals surface area contributed by atoms with Crippen LogP contribution in [0.15, 0.2) is 44.3 Å². The van der Waals surface area contributed by atoms with Crippen LogP contribution in [-0.4, -0.2) is 16.2 Å². The molecule has 3 aromatic heterocycles. The third kappa shape index (κ3) is 3.25. The van der Waals surface area contributed by atoms with Crippen molar-refractivity contribution in [3.05, 3.63) is 67.4 Å². The minimum absolute atomic E-state index is 0.0278. The summed E-state index contributed by atoms with van der Waals surface area (Å²) in [6, 6.07) is 8.48. The summed E-state index contributed by atoms with van der Waals surface area (Å²) in [6.45, 7) is 2.60. The second-order valence-corrected chi connectivity index (χ2v) is 8.39. The van der Waals surface area contributed by atoms with Crippen LogP contribution in [0.5, 0.6) is 5.75 Å². The Balaban J connectivity index is 1.40. The summed E-state index contributed by atoms with van der Waals surface area (Å²) >= 11 is 1.67. The van der Waals surface area contributed by atoms with E-state index >= 15 is 0 Å². The van der Waals surface area contributed by atoms with Gasteiger partial charge in [0.2, 0.25) is 0 Å². The summed E-state index contributed by atoms with van der Waals surface area (Å²) in [7, 11) is 0. The van der Waals surface area contributed by atoms with Crippen LogP contribution in [0.25, 0.3) is 21.2 Å². The molecule has 0 fully saturated rings. The third-order valence-corrected chi connectivity index (χ3v) is 6.63. The molecular formula is C22H20N2O4S. The highest BCUT2D eigenvalue weighted by atomic mass is 32.1. The molecule has 0 saturated carbocycles. The molecule has 148 valence electrons. The van der Waals surface area contributed by atoms with E-state index in [4.69, 9.17) is 14.1 Å². The van der Waals surface area contributed by atoms with Crippen LogP contribution in [0.2, 0.25) is 0 Å². The molecule has 4 aromatic rings. The van der Waals surface area contributed by atoms with Gasteiger partial charge in [-0.1, -0.05) is 0 Å². The first kappa shape index (κ1) is 18.1. The van der Waals surface area contributed by atoms with Crippen LogP contribution in [0.1, 0.15) is 29.1 Å². The van der Waals surface area contributed by atoms with Gasteiger partial charge in [0.05, 0.1) is 11.9 Å². The van der Waals surface area contributed by atoms with Gasteiger partial charge in [0.25, 0.3) is 5.56 Å². The van der Waals surface area contributed by atoms with Gasteiger partial charge in [-0.3, -0.25) is 9.36 Å². The molecule has 0 amide bonds. The first-order chi connectivity index (χ1) is 14.1. The maximum absolute atomic E-state index is 13.2. The Kier molecular flexibility index (Phi) is 4.47. The van der Waals surface area contributed by atoms with E-state index in [2.05, 4.69) is 0 Å². The molecule has 1 aromatic carbocycles. The normalized spacial score (nSPS) is 13.7. The summed E-state index contributed by atoms with van der Waals surface area (Å²) in [4.78, 5) is 31.4. The Labute approximate surface area is 170 Å². The van der Waals surface area contributed by atoms with Crippen molar-refractivity contribution in [1.29, 1.82) is 0 Å². The Bertz CT molecular complexity index is 1350. The number of thiophene rings is 1. The van der Waals surface area contributed by atoms with Crippen molar-refractivity contribution in [1.82, 2.24) is 9.55 Å². The van der Waals surface area contributed by atoms with Crippen molar-refractivity contribution in [2.45, 2.75) is 39.2 Å². The molecule has 0 bridgehead atoms. The van der Waals surface area contributed by atoms with Crippen LogP contribution in [0, 0.1) is 6.92 Å². The van der Waals surface area contributed by atoms with Gasteiger partial charge in [0, 0.05) is 22.4 Å². The Hall–Kier alpha value is -2.93. The number of hydrogen-bond acceptors (Lipinski definition) is 6. The number of aromatic nitrogens is 2. The van der Waals surface area contributed by atoms with Crippen molar-refractivity contribution in [2.75, 3.05) is 6.61 Å². The maximum Gasteiger partial charge on any atom is 0.336 e. The zero-order chi connectivity index (χ0) is 20.0. The molecule has 0 saturated heterocycles. The molecule has 0 unspecified atom stereocenters. The quantitative estimate of drug-likeness (QED) is 0.480. The van der Waals surface area contributed by atoms with Crippen LogP contribution in [0.4, 0.5) is 0 Å². The predicted molar refractivity (Wildman–Crippen MR) is 113 cm³/mol. The van der Waals surface area contributed by atoms with Gasteiger partial charge in [-0.05, 0) is 56.4 Å². The van der Waals surface area contributed by atoms with Gasteiger partial charge < -0.3 is 9.15 Å². The van der Waals surface area contributed by atoms with Crippen LogP contribution >= 0.6 is 11.3 Å². The van der Waals surface area contributed by atoms with E-state index in [9.17, 15) is 9.59 Å². The smallest absolute Gasteiger partial charge is 0.336 e. The topological polar surface area (TPSA) is 74.3 Å². The lowest BCUT2D eigenvalue weighted by Crippen LogP contribution is -2.26. The summed E-state index contributed by atoms with van der Waals surface area (Å²) in [6.07, 6.45) is 4.34. The predicted octanol–water partition coefficient (Wildman–Crippen LogP) is 3.83. The summed E-state index contributed by atoms with van der Waals surface area (Å²) in [5.74, 6) is 1.30. The van der Waals surface area contributed by atoms with Gasteiger partial charge >= 0.3 is 5.63 Å². The molecule has 5 rings (SSSR count). The van der Waals surface area contributed by atoms with E-state index in [1.54, 1.807) is 28.0 Å². The summed E-state index contributed by atoms with van der Waals surface area (Å²) in [5, 5.41) is 1.63. The van der Waals surface area contributed by atoms with E-state index in [-0.39, 0.29) is 5.56 Å². The highest BCUT2D eigenvalue weighted by Crippen LogP contribution is 2.33. The van der Waals surface area contributed by atoms with E-state index in [1.807, 2.05) is 19.1 Å². The number of ether oxygens (including phenoxy) is 1. The number of rotatable bonds is 4. The molecule has 1 aliphatic carbocycles. The number of hydrogen-bond donors (Lipinski definition) is 0. The molecule has 3 heterocycles. The lowest BCUT2D eigenvalue weighted by molar-refractivity contribution is 0.294. The number of nitrogens with zero attached hydrogens (tertiary/aromatic N) is 2. The number of benzene rings is 1. The maximum atomic E-state index is 13.2. The minimum atomic E-state index is -0.393. The standard InChI is InChI=1S/C22H20N2O4S/c1-13-23-21-20(16-4-2-3-5-18(16)29-21)22(26)24(13)10-11-27-15-8-6-14-7-9-19(25)28-17(14)12-15/h6-9,12H,2-5,10-11H2,1H3. The lowest BCUT2D eigenvalue weighted by atomic mass is 9.97. The molecule has 0 aliphatic heterocycles. The Morgan fingerprint density at radius 3 is 2.90 bits per heavy atom. The number of aryl methyl sites for hydroxylation is 3. The molecule has 7 heteroatoms. The number of fused-ring (bicyclic) bond motifs is 4. The third-order valence-electron chi connectivity index (χ3n) is 5.44. The van der Waals surface area contributed by atoms with E-state index in [1.165, 1.54) is 22.9 Å². The second-order valence-electron chi connectivity index (χ2n) is 7.31. The average molecular weight is 408 g/mol. The second kappa shape index (κ2) is 7.15. The highest BCUT2D eigenvalue weighted by Gasteiger charge is 2.21. The first-order valence-electron chi connectivity index (χ1n) is 9.78. The van der Waals surface area contributed by atoms with Crippen molar-refractivity contribution in [2.24, 2.45) is 0 Å². The molecule has 1 aliphatic rings. The Morgan fingerprint density at radius 1 is 1.17 bits per heavy atom.